The molecule has 1 rings (SSSR count). The molecule has 0 aromatic carbocycles. The highest BCUT2D eigenvalue weighted by atomic mass is 35.5. The van der Waals surface area contributed by atoms with Gasteiger partial charge >= 0.3 is 0 Å². The fourth-order valence-corrected chi connectivity index (χ4v) is 3.59. The van der Waals surface area contributed by atoms with E-state index in [0.717, 1.165) is 19.3 Å². The van der Waals surface area contributed by atoms with Crippen molar-refractivity contribution < 1.29 is 13.2 Å². The molecule has 0 saturated carbocycles. The Morgan fingerprint density at radius 1 is 1.41 bits per heavy atom. The first-order chi connectivity index (χ1) is 10.4. The Kier molecular flexibility index (Phi) is 7.78. The van der Waals surface area contributed by atoms with Gasteiger partial charge < -0.3 is 5.32 Å². The van der Waals surface area contributed by atoms with Crippen molar-refractivity contribution in [3.63, 3.8) is 0 Å². The maximum absolute atomic E-state index is 12.2. The average Bonchev–Trinajstić information content (AvgIpc) is 2.43. The quantitative estimate of drug-likeness (QED) is 0.529. The number of hydrogen-bond acceptors (Lipinski definition) is 4. The average molecular weight is 348 g/mol. The van der Waals surface area contributed by atoms with Crippen LogP contribution in [0.25, 0.3) is 0 Å². The van der Waals surface area contributed by atoms with Crippen LogP contribution < -0.4 is 10.0 Å². The topological polar surface area (TPSA) is 88.2 Å². The first kappa shape index (κ1) is 18.9. The van der Waals surface area contributed by atoms with E-state index in [2.05, 4.69) is 21.9 Å². The normalized spacial score (nSPS) is 12.9. The molecule has 0 saturated heterocycles. The van der Waals surface area contributed by atoms with Crippen molar-refractivity contribution in [2.75, 3.05) is 6.54 Å². The lowest BCUT2D eigenvalue weighted by Crippen LogP contribution is -2.37. The minimum absolute atomic E-state index is 0.0727. The number of pyridine rings is 1. The van der Waals surface area contributed by atoms with Crippen molar-refractivity contribution >= 4 is 27.5 Å². The predicted octanol–water partition coefficient (Wildman–Crippen LogP) is 2.10. The van der Waals surface area contributed by atoms with E-state index in [0.29, 0.717) is 6.54 Å². The summed E-state index contributed by atoms with van der Waals surface area (Å²) in [5.41, 5.74) is 0. The number of halogens is 1. The molecule has 8 heteroatoms. The van der Waals surface area contributed by atoms with Crippen LogP contribution in [-0.2, 0) is 14.8 Å². The largest absolute Gasteiger partial charge is 0.356 e. The SMILES string of the molecule is CCCCCNC(=O)CC(C)NS(=O)(=O)c1cccnc1Cl. The van der Waals surface area contributed by atoms with E-state index in [1.807, 2.05) is 0 Å². The van der Waals surface area contributed by atoms with E-state index in [-0.39, 0.29) is 22.4 Å². The van der Waals surface area contributed by atoms with Crippen molar-refractivity contribution in [3.05, 3.63) is 23.5 Å². The summed E-state index contributed by atoms with van der Waals surface area (Å²) in [6.45, 7) is 4.33. The van der Waals surface area contributed by atoms with Crippen molar-refractivity contribution in [3.8, 4) is 0 Å². The van der Waals surface area contributed by atoms with Gasteiger partial charge in [0.15, 0.2) is 0 Å². The lowest BCUT2D eigenvalue weighted by Gasteiger charge is -2.14. The van der Waals surface area contributed by atoms with Crippen LogP contribution in [0, 0.1) is 0 Å². The van der Waals surface area contributed by atoms with Gasteiger partial charge in [0.2, 0.25) is 15.9 Å². The molecule has 1 aromatic heterocycles. The third-order valence-electron chi connectivity index (χ3n) is 2.96. The standard InChI is InChI=1S/C14H22ClN3O3S/c1-3-4-5-8-16-13(19)10-11(2)18-22(20,21)12-7-6-9-17-14(12)15/h6-7,9,11,18H,3-5,8,10H2,1-2H3,(H,16,19). The predicted molar refractivity (Wildman–Crippen MR) is 86.2 cm³/mol. The number of carbonyl (C=O) groups excluding carboxylic acids is 1. The molecule has 1 aromatic rings. The second-order valence-corrected chi connectivity index (χ2v) is 7.12. The van der Waals surface area contributed by atoms with E-state index in [1.165, 1.54) is 18.3 Å². The monoisotopic (exact) mass is 347 g/mol. The van der Waals surface area contributed by atoms with Crippen LogP contribution in [-0.4, -0.2) is 31.9 Å². The lowest BCUT2D eigenvalue weighted by atomic mass is 10.2. The van der Waals surface area contributed by atoms with Gasteiger partial charge in [-0.2, -0.15) is 0 Å². The fourth-order valence-electron chi connectivity index (χ4n) is 1.89. The van der Waals surface area contributed by atoms with Crippen LogP contribution in [0.2, 0.25) is 5.15 Å². The minimum Gasteiger partial charge on any atom is -0.356 e. The van der Waals surface area contributed by atoms with Crippen LogP contribution in [0.4, 0.5) is 0 Å². The van der Waals surface area contributed by atoms with Gasteiger partial charge in [-0.3, -0.25) is 4.79 Å². The van der Waals surface area contributed by atoms with E-state index >= 15 is 0 Å². The van der Waals surface area contributed by atoms with E-state index < -0.39 is 16.1 Å². The highest BCUT2D eigenvalue weighted by Gasteiger charge is 2.22. The van der Waals surface area contributed by atoms with E-state index in [9.17, 15) is 13.2 Å². The molecular formula is C14H22ClN3O3S. The van der Waals surface area contributed by atoms with Gasteiger partial charge in [-0.1, -0.05) is 31.4 Å². The number of carbonyl (C=O) groups is 1. The maximum Gasteiger partial charge on any atom is 0.243 e. The highest BCUT2D eigenvalue weighted by Crippen LogP contribution is 2.18. The zero-order chi connectivity index (χ0) is 16.6. The van der Waals surface area contributed by atoms with Gasteiger partial charge in [0.1, 0.15) is 10.0 Å². The summed E-state index contributed by atoms with van der Waals surface area (Å²) in [5.74, 6) is -0.177. The van der Waals surface area contributed by atoms with Gasteiger partial charge in [-0.15, -0.1) is 0 Å². The molecule has 2 N–H and O–H groups in total. The summed E-state index contributed by atoms with van der Waals surface area (Å²) in [5, 5.41) is 2.68. The summed E-state index contributed by atoms with van der Waals surface area (Å²) in [4.78, 5) is 15.4. The molecule has 0 aliphatic heterocycles. The second kappa shape index (κ2) is 9.07. The molecule has 0 aliphatic carbocycles. The molecule has 1 atom stereocenters. The molecule has 0 fully saturated rings. The molecule has 0 radical (unpaired) electrons. The molecular weight excluding hydrogens is 326 g/mol. The molecule has 0 spiro atoms. The molecule has 1 unspecified atom stereocenters. The molecule has 1 amide bonds. The maximum atomic E-state index is 12.2. The Morgan fingerprint density at radius 2 is 2.14 bits per heavy atom. The number of nitrogens with one attached hydrogen (secondary N) is 2. The van der Waals surface area contributed by atoms with Gasteiger partial charge in [0.25, 0.3) is 0 Å². The van der Waals surface area contributed by atoms with E-state index in [4.69, 9.17) is 11.6 Å². The molecule has 124 valence electrons. The molecule has 0 bridgehead atoms. The Labute approximate surface area is 136 Å². The molecule has 1 heterocycles. The summed E-state index contributed by atoms with van der Waals surface area (Å²) in [7, 11) is -3.79. The summed E-state index contributed by atoms with van der Waals surface area (Å²) >= 11 is 5.79. The Morgan fingerprint density at radius 3 is 2.77 bits per heavy atom. The second-order valence-electron chi connectivity index (χ2n) is 5.08. The summed E-state index contributed by atoms with van der Waals surface area (Å²) < 4.78 is 26.8. The highest BCUT2D eigenvalue weighted by molar-refractivity contribution is 7.89. The number of nitrogens with zero attached hydrogens (tertiary/aromatic N) is 1. The minimum atomic E-state index is -3.79. The zero-order valence-corrected chi connectivity index (χ0v) is 14.4. The van der Waals surface area contributed by atoms with Gasteiger partial charge in [-0.05, 0) is 25.5 Å². The van der Waals surface area contributed by atoms with Crippen LogP contribution >= 0.6 is 11.6 Å². The number of unbranched alkanes of at least 4 members (excludes halogenated alkanes) is 2. The van der Waals surface area contributed by atoms with Crippen molar-refractivity contribution in [1.82, 2.24) is 15.0 Å². The Bertz CT molecular complexity index is 593. The third kappa shape index (κ3) is 6.29. The first-order valence-electron chi connectivity index (χ1n) is 7.26. The number of rotatable bonds is 9. The van der Waals surface area contributed by atoms with Crippen molar-refractivity contribution in [2.24, 2.45) is 0 Å². The third-order valence-corrected chi connectivity index (χ3v) is 5.00. The summed E-state index contributed by atoms with van der Waals surface area (Å²) in [6, 6.07) is 2.33. The van der Waals surface area contributed by atoms with Crippen molar-refractivity contribution in [2.45, 2.75) is 50.5 Å². The molecule has 6 nitrogen and oxygen atoms in total. The van der Waals surface area contributed by atoms with Crippen molar-refractivity contribution in [1.29, 1.82) is 0 Å². The molecule has 22 heavy (non-hydrogen) atoms. The number of aromatic nitrogens is 1. The number of amides is 1. The number of sulfonamides is 1. The van der Waals surface area contributed by atoms with Gasteiger partial charge in [0, 0.05) is 25.2 Å². The first-order valence-corrected chi connectivity index (χ1v) is 9.12. The number of hydrogen-bond donors (Lipinski definition) is 2. The van der Waals surface area contributed by atoms with E-state index in [1.54, 1.807) is 6.92 Å². The molecule has 0 aliphatic rings. The Hall–Kier alpha value is -1.18. The summed E-state index contributed by atoms with van der Waals surface area (Å²) in [6.07, 6.45) is 4.55. The van der Waals surface area contributed by atoms with Gasteiger partial charge in [-0.25, -0.2) is 18.1 Å². The van der Waals surface area contributed by atoms with Crippen LogP contribution in [0.5, 0.6) is 0 Å². The fraction of sp³-hybridized carbons (Fsp3) is 0.571. The van der Waals surface area contributed by atoms with Crippen LogP contribution in [0.15, 0.2) is 23.2 Å². The smallest absolute Gasteiger partial charge is 0.243 e. The van der Waals surface area contributed by atoms with Crippen LogP contribution in [0.3, 0.4) is 0 Å². The lowest BCUT2D eigenvalue weighted by molar-refractivity contribution is -0.121. The Balaban J connectivity index is 2.52. The van der Waals surface area contributed by atoms with Gasteiger partial charge in [0.05, 0.1) is 0 Å². The van der Waals surface area contributed by atoms with Crippen LogP contribution in [0.1, 0.15) is 39.5 Å². The zero-order valence-electron chi connectivity index (χ0n) is 12.8.